The van der Waals surface area contributed by atoms with Gasteiger partial charge in [0.05, 0.1) is 12.2 Å². The number of ether oxygens (including phenoxy) is 2. The third-order valence-electron chi connectivity index (χ3n) is 5.94. The second-order valence-electron chi connectivity index (χ2n) is 7.36. The average molecular weight is 302 g/mol. The summed E-state index contributed by atoms with van der Waals surface area (Å²) < 4.78 is 11.2. The summed E-state index contributed by atoms with van der Waals surface area (Å²) >= 11 is 0. The molecule has 1 aromatic rings. The molecule has 120 valence electrons. The summed E-state index contributed by atoms with van der Waals surface area (Å²) in [5.74, 6) is 2.73. The van der Waals surface area contributed by atoms with Crippen LogP contribution in [0.2, 0.25) is 0 Å². The molecule has 0 aromatic heterocycles. The highest BCUT2D eigenvalue weighted by atomic mass is 16.5. The van der Waals surface area contributed by atoms with Crippen LogP contribution in [0.25, 0.3) is 0 Å². The molecule has 1 aromatic carbocycles. The molecule has 0 spiro atoms. The SMILES string of the molecule is CCOC(=O)c1ccc(O[C@@H]2C[C@@H]3C[C@H]([C@H]2C)C3(C)C)cc1. The molecule has 3 fully saturated rings. The Labute approximate surface area is 133 Å². The Kier molecular flexibility index (Phi) is 3.92. The molecule has 3 nitrogen and oxygen atoms in total. The maximum atomic E-state index is 11.7. The minimum Gasteiger partial charge on any atom is -0.490 e. The van der Waals surface area contributed by atoms with Crippen molar-refractivity contribution < 1.29 is 14.3 Å². The van der Waals surface area contributed by atoms with E-state index in [0.29, 0.717) is 29.6 Å². The van der Waals surface area contributed by atoms with Crippen molar-refractivity contribution in [3.63, 3.8) is 0 Å². The van der Waals surface area contributed by atoms with Crippen LogP contribution in [-0.2, 0) is 4.74 Å². The largest absolute Gasteiger partial charge is 0.490 e. The van der Waals surface area contributed by atoms with Gasteiger partial charge in [-0.1, -0.05) is 20.8 Å². The molecule has 2 bridgehead atoms. The van der Waals surface area contributed by atoms with Crippen LogP contribution in [0.1, 0.15) is 50.9 Å². The summed E-state index contributed by atoms with van der Waals surface area (Å²) in [5.41, 5.74) is 1.06. The molecule has 0 aliphatic heterocycles. The Morgan fingerprint density at radius 3 is 2.45 bits per heavy atom. The number of carbonyl (C=O) groups excluding carboxylic acids is 1. The molecular weight excluding hydrogens is 276 g/mol. The Balaban J connectivity index is 1.64. The summed E-state index contributed by atoms with van der Waals surface area (Å²) in [5, 5.41) is 0. The molecule has 3 aliphatic rings. The van der Waals surface area contributed by atoms with Crippen LogP contribution < -0.4 is 4.74 Å². The summed E-state index contributed by atoms with van der Waals surface area (Å²) in [7, 11) is 0. The molecule has 0 saturated heterocycles. The summed E-state index contributed by atoms with van der Waals surface area (Å²) in [6.07, 6.45) is 2.80. The fraction of sp³-hybridized carbons (Fsp3) is 0.632. The first-order valence-corrected chi connectivity index (χ1v) is 8.37. The Morgan fingerprint density at radius 2 is 1.91 bits per heavy atom. The van der Waals surface area contributed by atoms with E-state index in [2.05, 4.69) is 20.8 Å². The second kappa shape index (κ2) is 5.60. The minimum atomic E-state index is -0.275. The Bertz CT molecular complexity index is 546. The van der Waals surface area contributed by atoms with Crippen LogP contribution in [-0.4, -0.2) is 18.7 Å². The van der Waals surface area contributed by atoms with Crippen LogP contribution in [0.5, 0.6) is 5.75 Å². The van der Waals surface area contributed by atoms with Gasteiger partial charge in [0, 0.05) is 0 Å². The molecule has 3 aliphatic carbocycles. The summed E-state index contributed by atoms with van der Waals surface area (Å²) in [4.78, 5) is 11.7. The lowest BCUT2D eigenvalue weighted by Gasteiger charge is -2.61. The first-order chi connectivity index (χ1) is 10.4. The quantitative estimate of drug-likeness (QED) is 0.777. The van der Waals surface area contributed by atoms with Gasteiger partial charge in [-0.25, -0.2) is 4.79 Å². The highest BCUT2D eigenvalue weighted by Crippen LogP contribution is 2.61. The lowest BCUT2D eigenvalue weighted by molar-refractivity contribution is -0.147. The predicted octanol–water partition coefficient (Wildman–Crippen LogP) is 4.31. The number of carbonyl (C=O) groups is 1. The van der Waals surface area contributed by atoms with E-state index in [-0.39, 0.29) is 5.97 Å². The molecule has 0 radical (unpaired) electrons. The van der Waals surface area contributed by atoms with Gasteiger partial charge in [-0.2, -0.15) is 0 Å². The molecule has 0 N–H and O–H groups in total. The number of hydrogen-bond acceptors (Lipinski definition) is 3. The predicted molar refractivity (Wildman–Crippen MR) is 86.0 cm³/mol. The van der Waals surface area contributed by atoms with E-state index < -0.39 is 0 Å². The van der Waals surface area contributed by atoms with Gasteiger partial charge in [0.25, 0.3) is 0 Å². The van der Waals surface area contributed by atoms with Crippen molar-refractivity contribution in [2.24, 2.45) is 23.2 Å². The Morgan fingerprint density at radius 1 is 1.23 bits per heavy atom. The van der Waals surface area contributed by atoms with Gasteiger partial charge in [-0.3, -0.25) is 0 Å². The summed E-state index contributed by atoms with van der Waals surface area (Å²) in [6, 6.07) is 7.33. The van der Waals surface area contributed by atoms with Crippen molar-refractivity contribution in [1.82, 2.24) is 0 Å². The minimum absolute atomic E-state index is 0.275. The van der Waals surface area contributed by atoms with Gasteiger partial charge in [-0.15, -0.1) is 0 Å². The van der Waals surface area contributed by atoms with E-state index in [9.17, 15) is 4.79 Å². The van der Waals surface area contributed by atoms with E-state index in [0.717, 1.165) is 24.0 Å². The standard InChI is InChI=1S/C19H26O3/c1-5-21-18(20)13-6-8-15(9-7-13)22-17-11-14-10-16(12(17)2)19(14,3)4/h6-9,12,14,16-17H,5,10-11H2,1-4H3/t12-,14+,16-,17-/m1/s1. The van der Waals surface area contributed by atoms with Gasteiger partial charge < -0.3 is 9.47 Å². The third kappa shape index (κ3) is 2.51. The molecular formula is C19H26O3. The van der Waals surface area contributed by atoms with Gasteiger partial charge in [0.15, 0.2) is 0 Å². The fourth-order valence-electron chi connectivity index (χ4n) is 4.32. The fourth-order valence-corrected chi connectivity index (χ4v) is 4.32. The molecule has 0 amide bonds. The normalized spacial score (nSPS) is 32.0. The maximum absolute atomic E-state index is 11.7. The lowest BCUT2D eigenvalue weighted by Crippen LogP contribution is -2.57. The van der Waals surface area contributed by atoms with E-state index in [1.54, 1.807) is 12.1 Å². The number of fused-ring (bicyclic) bond motifs is 2. The van der Waals surface area contributed by atoms with Gasteiger partial charge in [0.2, 0.25) is 0 Å². The molecule has 0 unspecified atom stereocenters. The van der Waals surface area contributed by atoms with Crippen molar-refractivity contribution in [2.75, 3.05) is 6.61 Å². The average Bonchev–Trinajstić information content (AvgIpc) is 2.49. The van der Waals surface area contributed by atoms with Crippen molar-refractivity contribution in [3.05, 3.63) is 29.8 Å². The Hall–Kier alpha value is -1.51. The molecule has 22 heavy (non-hydrogen) atoms. The maximum Gasteiger partial charge on any atom is 0.338 e. The lowest BCUT2D eigenvalue weighted by atomic mass is 9.45. The zero-order valence-electron chi connectivity index (χ0n) is 14.0. The van der Waals surface area contributed by atoms with Crippen LogP contribution in [0.3, 0.4) is 0 Å². The molecule has 3 saturated carbocycles. The summed E-state index contributed by atoms with van der Waals surface area (Å²) in [6.45, 7) is 9.32. The monoisotopic (exact) mass is 302 g/mol. The number of rotatable bonds is 4. The van der Waals surface area contributed by atoms with Crippen LogP contribution in [0, 0.1) is 23.2 Å². The zero-order valence-corrected chi connectivity index (χ0v) is 14.0. The van der Waals surface area contributed by atoms with Crippen molar-refractivity contribution >= 4 is 5.97 Å². The van der Waals surface area contributed by atoms with E-state index in [4.69, 9.17) is 9.47 Å². The van der Waals surface area contributed by atoms with Crippen molar-refractivity contribution in [2.45, 2.75) is 46.6 Å². The van der Waals surface area contributed by atoms with Gasteiger partial charge in [-0.05, 0) is 67.2 Å². The van der Waals surface area contributed by atoms with E-state index in [1.165, 1.54) is 6.42 Å². The van der Waals surface area contributed by atoms with Crippen LogP contribution in [0.4, 0.5) is 0 Å². The smallest absolute Gasteiger partial charge is 0.338 e. The van der Waals surface area contributed by atoms with E-state index >= 15 is 0 Å². The molecule has 3 heteroatoms. The van der Waals surface area contributed by atoms with Crippen LogP contribution >= 0.6 is 0 Å². The van der Waals surface area contributed by atoms with Gasteiger partial charge in [0.1, 0.15) is 11.9 Å². The number of hydrogen-bond donors (Lipinski definition) is 0. The van der Waals surface area contributed by atoms with E-state index in [1.807, 2.05) is 19.1 Å². The zero-order chi connectivity index (χ0) is 15.9. The number of benzene rings is 1. The van der Waals surface area contributed by atoms with Crippen molar-refractivity contribution in [1.29, 1.82) is 0 Å². The number of esters is 1. The molecule has 4 rings (SSSR count). The molecule has 0 heterocycles. The highest BCUT2D eigenvalue weighted by Gasteiger charge is 2.56. The second-order valence-corrected chi connectivity index (χ2v) is 7.36. The highest BCUT2D eigenvalue weighted by molar-refractivity contribution is 5.89. The van der Waals surface area contributed by atoms with Gasteiger partial charge >= 0.3 is 5.97 Å². The van der Waals surface area contributed by atoms with Crippen molar-refractivity contribution in [3.8, 4) is 5.75 Å². The topological polar surface area (TPSA) is 35.5 Å². The molecule has 4 atom stereocenters. The third-order valence-corrected chi connectivity index (χ3v) is 5.94. The first-order valence-electron chi connectivity index (χ1n) is 8.37. The first kappa shape index (κ1) is 15.4. The van der Waals surface area contributed by atoms with Crippen LogP contribution in [0.15, 0.2) is 24.3 Å².